The molecule has 1 unspecified atom stereocenters. The maximum Gasteiger partial charge on any atom is 0.161 e. The quantitative estimate of drug-likeness (QED) is 0.813. The average molecular weight is 255 g/mol. The number of hydrogen-bond donors (Lipinski definition) is 1. The zero-order chi connectivity index (χ0) is 12.7. The summed E-state index contributed by atoms with van der Waals surface area (Å²) in [6.07, 6.45) is 1.03. The van der Waals surface area contributed by atoms with Crippen molar-refractivity contribution in [1.82, 2.24) is 0 Å². The maximum atomic E-state index is 5.87. The molecule has 0 saturated carbocycles. The van der Waals surface area contributed by atoms with Crippen LogP contribution < -0.4 is 15.2 Å². The standard InChI is InChI=1S/C13H21NO2S/c1-4-11(14)9-17-8-10-5-6-12(15-2)13(7-10)16-3/h5-7,11H,4,8-9,14H2,1-3H3. The first-order valence-electron chi connectivity index (χ1n) is 5.75. The number of methoxy groups -OCH3 is 2. The van der Waals surface area contributed by atoms with Gasteiger partial charge in [-0.15, -0.1) is 0 Å². The van der Waals surface area contributed by atoms with Gasteiger partial charge in [0, 0.05) is 17.5 Å². The van der Waals surface area contributed by atoms with Crippen molar-refractivity contribution in [2.45, 2.75) is 25.1 Å². The lowest BCUT2D eigenvalue weighted by Crippen LogP contribution is -2.21. The van der Waals surface area contributed by atoms with Crippen LogP contribution in [0.4, 0.5) is 0 Å². The van der Waals surface area contributed by atoms with E-state index in [9.17, 15) is 0 Å². The van der Waals surface area contributed by atoms with Gasteiger partial charge in [0.15, 0.2) is 11.5 Å². The molecule has 0 radical (unpaired) electrons. The molecule has 1 aromatic rings. The lowest BCUT2D eigenvalue weighted by molar-refractivity contribution is 0.354. The lowest BCUT2D eigenvalue weighted by Gasteiger charge is -2.11. The summed E-state index contributed by atoms with van der Waals surface area (Å²) < 4.78 is 10.5. The summed E-state index contributed by atoms with van der Waals surface area (Å²) >= 11 is 1.85. The van der Waals surface area contributed by atoms with Crippen molar-refractivity contribution < 1.29 is 9.47 Å². The third-order valence-corrected chi connectivity index (χ3v) is 3.77. The zero-order valence-electron chi connectivity index (χ0n) is 10.7. The van der Waals surface area contributed by atoms with Crippen LogP contribution in [0.25, 0.3) is 0 Å². The van der Waals surface area contributed by atoms with Crippen LogP contribution in [0.15, 0.2) is 18.2 Å². The monoisotopic (exact) mass is 255 g/mol. The molecule has 1 rings (SSSR count). The van der Waals surface area contributed by atoms with E-state index < -0.39 is 0 Å². The van der Waals surface area contributed by atoms with Gasteiger partial charge in [-0.05, 0) is 24.1 Å². The molecule has 0 aliphatic heterocycles. The highest BCUT2D eigenvalue weighted by atomic mass is 32.2. The van der Waals surface area contributed by atoms with Crippen molar-refractivity contribution >= 4 is 11.8 Å². The molecular weight excluding hydrogens is 234 g/mol. The number of hydrogen-bond acceptors (Lipinski definition) is 4. The minimum atomic E-state index is 0.292. The summed E-state index contributed by atoms with van der Waals surface area (Å²) in [6, 6.07) is 6.31. The Labute approximate surface area is 108 Å². The number of nitrogens with two attached hydrogens (primary N) is 1. The fourth-order valence-corrected chi connectivity index (χ4v) is 2.49. The van der Waals surface area contributed by atoms with Crippen molar-refractivity contribution in [3.8, 4) is 11.5 Å². The molecule has 1 atom stereocenters. The van der Waals surface area contributed by atoms with E-state index in [1.807, 2.05) is 23.9 Å². The van der Waals surface area contributed by atoms with E-state index in [-0.39, 0.29) is 0 Å². The Kier molecular flexibility index (Phi) is 6.22. The molecular formula is C13H21NO2S. The van der Waals surface area contributed by atoms with Gasteiger partial charge in [0.05, 0.1) is 14.2 Å². The number of rotatable bonds is 7. The molecule has 0 heterocycles. The van der Waals surface area contributed by atoms with Crippen molar-refractivity contribution in [3.63, 3.8) is 0 Å². The van der Waals surface area contributed by atoms with Crippen LogP contribution in [0.1, 0.15) is 18.9 Å². The van der Waals surface area contributed by atoms with Crippen LogP contribution in [0, 0.1) is 0 Å². The Morgan fingerprint density at radius 3 is 2.53 bits per heavy atom. The van der Waals surface area contributed by atoms with E-state index in [2.05, 4.69) is 13.0 Å². The van der Waals surface area contributed by atoms with E-state index in [1.165, 1.54) is 5.56 Å². The second kappa shape index (κ2) is 7.45. The SMILES string of the molecule is CCC(N)CSCc1ccc(OC)c(OC)c1. The van der Waals surface area contributed by atoms with E-state index in [0.717, 1.165) is 29.4 Å². The summed E-state index contributed by atoms with van der Waals surface area (Å²) in [7, 11) is 3.30. The van der Waals surface area contributed by atoms with E-state index in [1.54, 1.807) is 14.2 Å². The van der Waals surface area contributed by atoms with E-state index >= 15 is 0 Å². The van der Waals surface area contributed by atoms with E-state index in [0.29, 0.717) is 6.04 Å². The summed E-state index contributed by atoms with van der Waals surface area (Å²) in [5.74, 6) is 3.50. The largest absolute Gasteiger partial charge is 0.493 e. The van der Waals surface area contributed by atoms with Crippen molar-refractivity contribution in [2.24, 2.45) is 5.73 Å². The van der Waals surface area contributed by atoms with Crippen LogP contribution in [0.5, 0.6) is 11.5 Å². The molecule has 3 nitrogen and oxygen atoms in total. The molecule has 0 aliphatic carbocycles. The van der Waals surface area contributed by atoms with Crippen LogP contribution >= 0.6 is 11.8 Å². The molecule has 0 aromatic heterocycles. The summed E-state index contributed by atoms with van der Waals surface area (Å²) in [5.41, 5.74) is 7.11. The predicted octanol–water partition coefficient (Wildman–Crippen LogP) is 2.67. The van der Waals surface area contributed by atoms with Crippen molar-refractivity contribution in [1.29, 1.82) is 0 Å². The second-order valence-corrected chi connectivity index (χ2v) is 4.90. The van der Waals surface area contributed by atoms with Gasteiger partial charge in [0.25, 0.3) is 0 Å². The van der Waals surface area contributed by atoms with Crippen LogP contribution in [-0.4, -0.2) is 26.0 Å². The van der Waals surface area contributed by atoms with Gasteiger partial charge < -0.3 is 15.2 Å². The molecule has 2 N–H and O–H groups in total. The second-order valence-electron chi connectivity index (χ2n) is 3.87. The molecule has 4 heteroatoms. The summed E-state index contributed by atoms with van der Waals surface area (Å²) in [5, 5.41) is 0. The molecule has 0 fully saturated rings. The third kappa shape index (κ3) is 4.48. The number of benzene rings is 1. The van der Waals surface area contributed by atoms with E-state index in [4.69, 9.17) is 15.2 Å². The molecule has 0 amide bonds. The van der Waals surface area contributed by atoms with Crippen LogP contribution in [0.2, 0.25) is 0 Å². The smallest absolute Gasteiger partial charge is 0.161 e. The minimum Gasteiger partial charge on any atom is -0.493 e. The Morgan fingerprint density at radius 2 is 1.94 bits per heavy atom. The maximum absolute atomic E-state index is 5.87. The fraction of sp³-hybridized carbons (Fsp3) is 0.538. The zero-order valence-corrected chi connectivity index (χ0v) is 11.5. The highest BCUT2D eigenvalue weighted by Gasteiger charge is 2.05. The van der Waals surface area contributed by atoms with Gasteiger partial charge in [-0.25, -0.2) is 0 Å². The Bertz CT molecular complexity index is 344. The van der Waals surface area contributed by atoms with Crippen LogP contribution in [-0.2, 0) is 5.75 Å². The molecule has 0 aliphatic rings. The third-order valence-electron chi connectivity index (χ3n) is 2.57. The predicted molar refractivity (Wildman–Crippen MR) is 74.0 cm³/mol. The molecule has 0 spiro atoms. The molecule has 0 bridgehead atoms. The Balaban J connectivity index is 2.54. The van der Waals surface area contributed by atoms with Crippen LogP contribution in [0.3, 0.4) is 0 Å². The molecule has 1 aromatic carbocycles. The fourth-order valence-electron chi connectivity index (χ4n) is 1.42. The highest BCUT2D eigenvalue weighted by molar-refractivity contribution is 7.98. The number of thioether (sulfide) groups is 1. The first-order chi connectivity index (χ1) is 8.21. The topological polar surface area (TPSA) is 44.5 Å². The van der Waals surface area contributed by atoms with Gasteiger partial charge in [0.2, 0.25) is 0 Å². The van der Waals surface area contributed by atoms with Crippen molar-refractivity contribution in [2.75, 3.05) is 20.0 Å². The summed E-state index contributed by atoms with van der Waals surface area (Å²) in [6.45, 7) is 2.11. The van der Waals surface area contributed by atoms with Gasteiger partial charge in [-0.1, -0.05) is 13.0 Å². The molecule has 17 heavy (non-hydrogen) atoms. The first kappa shape index (κ1) is 14.2. The Morgan fingerprint density at radius 1 is 1.24 bits per heavy atom. The van der Waals surface area contributed by atoms with Crippen molar-refractivity contribution in [3.05, 3.63) is 23.8 Å². The average Bonchev–Trinajstić information content (AvgIpc) is 2.38. The lowest BCUT2D eigenvalue weighted by atomic mass is 10.2. The first-order valence-corrected chi connectivity index (χ1v) is 6.91. The normalized spacial score (nSPS) is 12.2. The van der Waals surface area contributed by atoms with Gasteiger partial charge in [0.1, 0.15) is 0 Å². The Hall–Kier alpha value is -0.870. The molecule has 0 saturated heterocycles. The highest BCUT2D eigenvalue weighted by Crippen LogP contribution is 2.29. The van der Waals surface area contributed by atoms with Gasteiger partial charge in [-0.3, -0.25) is 0 Å². The summed E-state index contributed by atoms with van der Waals surface area (Å²) in [4.78, 5) is 0. The van der Waals surface area contributed by atoms with Gasteiger partial charge in [-0.2, -0.15) is 11.8 Å². The molecule has 96 valence electrons. The minimum absolute atomic E-state index is 0.292. The number of ether oxygens (including phenoxy) is 2. The van der Waals surface area contributed by atoms with Gasteiger partial charge >= 0.3 is 0 Å².